The number of carbonyl (C=O) groups excluding carboxylic acids is 3. The second-order valence-electron chi connectivity index (χ2n) is 6.51. The van der Waals surface area contributed by atoms with E-state index >= 15 is 0 Å². The lowest BCUT2D eigenvalue weighted by molar-refractivity contribution is 0.0318. The van der Waals surface area contributed by atoms with Gasteiger partial charge in [0.2, 0.25) is 11.6 Å². The average molecular weight is 403 g/mol. The highest BCUT2D eigenvalue weighted by Gasteiger charge is 2.25. The number of thiophene rings is 1. The van der Waals surface area contributed by atoms with E-state index in [1.807, 2.05) is 24.3 Å². The molecule has 6 heteroatoms. The molecule has 1 N–H and O–H groups in total. The molecule has 144 valence electrons. The Balaban J connectivity index is 1.57. The second-order valence-corrected chi connectivity index (χ2v) is 7.46. The lowest BCUT2D eigenvalue weighted by Gasteiger charge is -2.13. The molecule has 0 aliphatic heterocycles. The van der Waals surface area contributed by atoms with Gasteiger partial charge in [-0.25, -0.2) is 4.79 Å². The molecule has 4 rings (SSSR count). The van der Waals surface area contributed by atoms with Crippen molar-refractivity contribution in [3.63, 3.8) is 0 Å². The molecule has 0 saturated heterocycles. The van der Waals surface area contributed by atoms with Crippen LogP contribution in [-0.4, -0.2) is 28.6 Å². The second kappa shape index (κ2) is 7.85. The zero-order chi connectivity index (χ0) is 20.4. The molecule has 2 aromatic heterocycles. The Morgan fingerprint density at radius 1 is 0.897 bits per heavy atom. The van der Waals surface area contributed by atoms with Gasteiger partial charge in [-0.05, 0) is 30.5 Å². The monoisotopic (exact) mass is 403 g/mol. The molecule has 4 aromatic rings. The number of benzene rings is 2. The first-order valence-electron chi connectivity index (χ1n) is 9.05. The predicted octanol–water partition coefficient (Wildman–Crippen LogP) is 4.89. The van der Waals surface area contributed by atoms with Crippen molar-refractivity contribution >= 4 is 39.8 Å². The van der Waals surface area contributed by atoms with Crippen LogP contribution in [0.2, 0.25) is 0 Å². The summed E-state index contributed by atoms with van der Waals surface area (Å²) < 4.78 is 5.43. The van der Waals surface area contributed by atoms with Crippen LogP contribution in [0.4, 0.5) is 0 Å². The fraction of sp³-hybridized carbons (Fsp3) is 0.0870. The van der Waals surface area contributed by atoms with Gasteiger partial charge in [0.25, 0.3) is 0 Å². The average Bonchev–Trinajstić information content (AvgIpc) is 3.42. The third-order valence-electron chi connectivity index (χ3n) is 4.64. The zero-order valence-corrected chi connectivity index (χ0v) is 16.4. The fourth-order valence-corrected chi connectivity index (χ4v) is 3.85. The van der Waals surface area contributed by atoms with Gasteiger partial charge in [0.1, 0.15) is 0 Å². The summed E-state index contributed by atoms with van der Waals surface area (Å²) in [5.41, 5.74) is 1.70. The summed E-state index contributed by atoms with van der Waals surface area (Å²) in [6, 6.07) is 17.4. The molecule has 0 aliphatic carbocycles. The van der Waals surface area contributed by atoms with E-state index in [0.29, 0.717) is 10.4 Å². The topological polar surface area (TPSA) is 76.2 Å². The number of hydrogen-bond donors (Lipinski definition) is 1. The molecule has 2 heterocycles. The molecule has 1 atom stereocenters. The smallest absolute Gasteiger partial charge is 0.339 e. The number of carbonyl (C=O) groups is 3. The van der Waals surface area contributed by atoms with E-state index in [-0.39, 0.29) is 22.7 Å². The molecular weight excluding hydrogens is 386 g/mol. The van der Waals surface area contributed by atoms with Crippen LogP contribution >= 0.6 is 11.3 Å². The van der Waals surface area contributed by atoms with Crippen molar-refractivity contribution in [1.82, 2.24) is 4.98 Å². The Hall–Kier alpha value is -3.51. The lowest BCUT2D eigenvalue weighted by Crippen LogP contribution is -2.25. The van der Waals surface area contributed by atoms with Gasteiger partial charge >= 0.3 is 5.97 Å². The number of ketones is 2. The van der Waals surface area contributed by atoms with Crippen LogP contribution in [0.15, 0.2) is 72.2 Å². The molecule has 2 aromatic carbocycles. The molecular formula is C23H17NO4S. The van der Waals surface area contributed by atoms with Crippen LogP contribution < -0.4 is 0 Å². The Kier molecular flexibility index (Phi) is 5.10. The van der Waals surface area contributed by atoms with Gasteiger partial charge in [-0.3, -0.25) is 9.59 Å². The maximum absolute atomic E-state index is 12.8. The summed E-state index contributed by atoms with van der Waals surface area (Å²) in [6.07, 6.45) is 0.623. The van der Waals surface area contributed by atoms with E-state index in [0.717, 1.165) is 10.9 Å². The van der Waals surface area contributed by atoms with Crippen molar-refractivity contribution in [2.24, 2.45) is 0 Å². The van der Waals surface area contributed by atoms with Gasteiger partial charge in [0.05, 0.1) is 10.4 Å². The summed E-state index contributed by atoms with van der Waals surface area (Å²) in [7, 11) is 0. The summed E-state index contributed by atoms with van der Waals surface area (Å²) in [5, 5.41) is 2.57. The molecule has 29 heavy (non-hydrogen) atoms. The number of ether oxygens (including phenoxy) is 1. The number of aromatic amines is 1. The largest absolute Gasteiger partial charge is 0.451 e. The highest BCUT2D eigenvalue weighted by atomic mass is 32.1. The number of nitrogens with one attached hydrogen (secondary N) is 1. The van der Waals surface area contributed by atoms with Crippen molar-refractivity contribution in [3.8, 4) is 0 Å². The standard InChI is InChI=1S/C23H17NO4S/c1-14(21(25)18-13-24-19-10-5-4-7-15(18)19)28-23(27)17-9-3-2-8-16(17)22(26)20-11-6-12-29-20/h2-14,24H,1H3. The SMILES string of the molecule is CC(OC(=O)c1ccccc1C(=O)c1cccs1)C(=O)c1c[nH]c2ccccc12. The van der Waals surface area contributed by atoms with Crippen LogP contribution in [0.1, 0.15) is 42.9 Å². The van der Waals surface area contributed by atoms with E-state index in [4.69, 9.17) is 4.74 Å². The highest BCUT2D eigenvalue weighted by molar-refractivity contribution is 7.12. The van der Waals surface area contributed by atoms with Crippen molar-refractivity contribution in [3.05, 3.63) is 93.8 Å². The third kappa shape index (κ3) is 3.62. The number of hydrogen-bond acceptors (Lipinski definition) is 5. The summed E-state index contributed by atoms with van der Waals surface area (Å²) in [6.45, 7) is 1.53. The molecule has 5 nitrogen and oxygen atoms in total. The number of fused-ring (bicyclic) bond motifs is 1. The van der Waals surface area contributed by atoms with E-state index < -0.39 is 12.1 Å². The van der Waals surface area contributed by atoms with Crippen molar-refractivity contribution in [1.29, 1.82) is 0 Å². The number of aromatic nitrogens is 1. The maximum atomic E-state index is 12.8. The Bertz CT molecular complexity index is 1210. The molecule has 0 bridgehead atoms. The maximum Gasteiger partial charge on any atom is 0.339 e. The molecule has 1 unspecified atom stereocenters. The summed E-state index contributed by atoms with van der Waals surface area (Å²) >= 11 is 1.31. The minimum absolute atomic E-state index is 0.143. The lowest BCUT2D eigenvalue weighted by atomic mass is 10.0. The number of H-pyrrole nitrogens is 1. The van der Waals surface area contributed by atoms with Crippen molar-refractivity contribution in [2.75, 3.05) is 0 Å². The van der Waals surface area contributed by atoms with Crippen LogP contribution in [0.3, 0.4) is 0 Å². The van der Waals surface area contributed by atoms with E-state index in [2.05, 4.69) is 4.98 Å². The number of para-hydroxylation sites is 1. The predicted molar refractivity (Wildman–Crippen MR) is 112 cm³/mol. The van der Waals surface area contributed by atoms with Gasteiger partial charge in [-0.2, -0.15) is 0 Å². The summed E-state index contributed by atoms with van der Waals surface area (Å²) in [4.78, 5) is 41.9. The number of rotatable bonds is 6. The van der Waals surface area contributed by atoms with Gasteiger partial charge in [0.15, 0.2) is 6.10 Å². The number of Topliss-reactive ketones (excluding diaryl/α,β-unsaturated/α-hetero) is 1. The highest BCUT2D eigenvalue weighted by Crippen LogP contribution is 2.22. The van der Waals surface area contributed by atoms with Crippen LogP contribution in [0.5, 0.6) is 0 Å². The van der Waals surface area contributed by atoms with Gasteiger partial charge in [-0.15, -0.1) is 11.3 Å². The minimum atomic E-state index is -0.994. The van der Waals surface area contributed by atoms with Crippen molar-refractivity contribution in [2.45, 2.75) is 13.0 Å². The van der Waals surface area contributed by atoms with E-state index in [1.165, 1.54) is 24.3 Å². The van der Waals surface area contributed by atoms with E-state index in [1.54, 1.807) is 41.9 Å². The fourth-order valence-electron chi connectivity index (χ4n) is 3.17. The third-order valence-corrected chi connectivity index (χ3v) is 5.51. The van der Waals surface area contributed by atoms with Crippen LogP contribution in [0, 0.1) is 0 Å². The van der Waals surface area contributed by atoms with Crippen molar-refractivity contribution < 1.29 is 19.1 Å². The van der Waals surface area contributed by atoms with Gasteiger partial charge < -0.3 is 9.72 Å². The Morgan fingerprint density at radius 2 is 1.62 bits per heavy atom. The first kappa shape index (κ1) is 18.8. The summed E-state index contributed by atoms with van der Waals surface area (Å²) in [5.74, 6) is -1.26. The van der Waals surface area contributed by atoms with Gasteiger partial charge in [0, 0.05) is 28.2 Å². The zero-order valence-electron chi connectivity index (χ0n) is 15.5. The molecule has 0 fully saturated rings. The first-order valence-corrected chi connectivity index (χ1v) is 9.93. The normalized spacial score (nSPS) is 11.9. The Morgan fingerprint density at radius 3 is 2.38 bits per heavy atom. The number of esters is 1. The molecule has 0 aliphatic rings. The first-order chi connectivity index (χ1) is 14.1. The molecule has 0 saturated carbocycles. The van der Waals surface area contributed by atoms with Gasteiger partial charge in [-0.1, -0.05) is 42.5 Å². The quantitative estimate of drug-likeness (QED) is 0.367. The van der Waals surface area contributed by atoms with Crippen LogP contribution in [0.25, 0.3) is 10.9 Å². The molecule has 0 radical (unpaired) electrons. The minimum Gasteiger partial charge on any atom is -0.451 e. The molecule has 0 spiro atoms. The van der Waals surface area contributed by atoms with Crippen LogP contribution in [-0.2, 0) is 4.74 Å². The Labute approximate surface area is 170 Å². The van der Waals surface area contributed by atoms with E-state index in [9.17, 15) is 14.4 Å². The molecule has 0 amide bonds.